The number of nitrogens with one attached hydrogen (secondary N) is 1. The monoisotopic (exact) mass is 228 g/mol. The molecule has 0 aromatic rings. The van der Waals surface area contributed by atoms with E-state index in [2.05, 4.69) is 17.1 Å². The molecule has 1 atom stereocenters. The lowest BCUT2D eigenvalue weighted by Gasteiger charge is -2.27. The van der Waals surface area contributed by atoms with Crippen LogP contribution in [0.3, 0.4) is 0 Å². The molecule has 16 heavy (non-hydrogen) atoms. The number of hydrogen-bond acceptors (Lipinski definition) is 3. The smallest absolute Gasteiger partial charge is 0.237 e. The maximum absolute atomic E-state index is 11.8. The average molecular weight is 228 g/mol. The molecule has 4 nitrogen and oxygen atoms in total. The Balaban J connectivity index is 2.36. The highest BCUT2D eigenvalue weighted by molar-refractivity contribution is 5.81. The molecule has 0 spiro atoms. The van der Waals surface area contributed by atoms with Gasteiger partial charge in [0.25, 0.3) is 0 Å². The first-order valence-electron chi connectivity index (χ1n) is 6.34. The van der Waals surface area contributed by atoms with Crippen LogP contribution in [0, 0.1) is 0 Å². The molecule has 1 saturated carbocycles. The molecule has 0 aromatic carbocycles. The van der Waals surface area contributed by atoms with E-state index in [1.165, 1.54) is 0 Å². The highest BCUT2D eigenvalue weighted by Gasteiger charge is 2.27. The number of unbranched alkanes of at least 4 members (excludes halogenated alkanes) is 1. The molecule has 0 aliphatic heterocycles. The van der Waals surface area contributed by atoms with E-state index >= 15 is 0 Å². The molecule has 1 rings (SSSR count). The van der Waals surface area contributed by atoms with Crippen molar-refractivity contribution in [2.75, 3.05) is 19.7 Å². The summed E-state index contributed by atoms with van der Waals surface area (Å²) in [6.45, 7) is 5.63. The van der Waals surface area contributed by atoms with Crippen LogP contribution in [0.15, 0.2) is 0 Å². The van der Waals surface area contributed by atoms with Gasteiger partial charge >= 0.3 is 0 Å². The number of amides is 1. The predicted molar refractivity (Wildman–Crippen MR) is 64.2 cm³/mol. The van der Waals surface area contributed by atoms with Crippen molar-refractivity contribution in [2.24, 2.45) is 0 Å². The van der Waals surface area contributed by atoms with Crippen molar-refractivity contribution in [3.05, 3.63) is 0 Å². The molecule has 1 aliphatic carbocycles. The van der Waals surface area contributed by atoms with Crippen LogP contribution in [-0.4, -0.2) is 47.7 Å². The third-order valence-electron chi connectivity index (χ3n) is 3.04. The Labute approximate surface area is 98.0 Å². The SMILES string of the molecule is CCCCN(CCO)C(C)C(=O)NC1CC1. The molecule has 1 unspecified atom stereocenters. The van der Waals surface area contributed by atoms with Crippen LogP contribution in [0.4, 0.5) is 0 Å². The zero-order valence-electron chi connectivity index (χ0n) is 10.4. The molecule has 0 bridgehead atoms. The minimum Gasteiger partial charge on any atom is -0.395 e. The zero-order valence-corrected chi connectivity index (χ0v) is 10.4. The highest BCUT2D eigenvalue weighted by atomic mass is 16.3. The van der Waals surface area contributed by atoms with E-state index in [0.29, 0.717) is 12.6 Å². The Morgan fingerprint density at radius 3 is 2.69 bits per heavy atom. The van der Waals surface area contributed by atoms with Crippen molar-refractivity contribution in [2.45, 2.75) is 51.6 Å². The van der Waals surface area contributed by atoms with Crippen molar-refractivity contribution in [1.29, 1.82) is 0 Å². The maximum atomic E-state index is 11.8. The predicted octanol–water partition coefficient (Wildman–Crippen LogP) is 0.748. The summed E-state index contributed by atoms with van der Waals surface area (Å²) in [5, 5.41) is 12.0. The van der Waals surface area contributed by atoms with Crippen LogP contribution < -0.4 is 5.32 Å². The van der Waals surface area contributed by atoms with Gasteiger partial charge in [0.05, 0.1) is 12.6 Å². The summed E-state index contributed by atoms with van der Waals surface area (Å²) >= 11 is 0. The molecule has 94 valence electrons. The first-order chi connectivity index (χ1) is 7.69. The van der Waals surface area contributed by atoms with Gasteiger partial charge in [0.1, 0.15) is 0 Å². The van der Waals surface area contributed by atoms with E-state index in [4.69, 9.17) is 5.11 Å². The van der Waals surface area contributed by atoms with E-state index in [9.17, 15) is 4.79 Å². The van der Waals surface area contributed by atoms with Crippen molar-refractivity contribution in [3.63, 3.8) is 0 Å². The van der Waals surface area contributed by atoms with Gasteiger partial charge in [-0.1, -0.05) is 13.3 Å². The largest absolute Gasteiger partial charge is 0.395 e. The topological polar surface area (TPSA) is 52.6 Å². The van der Waals surface area contributed by atoms with Crippen LogP contribution in [0.25, 0.3) is 0 Å². The summed E-state index contributed by atoms with van der Waals surface area (Å²) < 4.78 is 0. The summed E-state index contributed by atoms with van der Waals surface area (Å²) in [6.07, 6.45) is 4.42. The normalized spacial score (nSPS) is 17.5. The van der Waals surface area contributed by atoms with Gasteiger partial charge < -0.3 is 10.4 Å². The van der Waals surface area contributed by atoms with Gasteiger partial charge in [-0.25, -0.2) is 0 Å². The zero-order chi connectivity index (χ0) is 12.0. The minimum absolute atomic E-state index is 0.104. The molecule has 0 heterocycles. The van der Waals surface area contributed by atoms with Crippen molar-refractivity contribution >= 4 is 5.91 Å². The Morgan fingerprint density at radius 1 is 1.50 bits per heavy atom. The van der Waals surface area contributed by atoms with Crippen molar-refractivity contribution in [1.82, 2.24) is 10.2 Å². The second-order valence-corrected chi connectivity index (χ2v) is 4.57. The molecule has 0 saturated heterocycles. The van der Waals surface area contributed by atoms with Crippen LogP contribution in [0.5, 0.6) is 0 Å². The van der Waals surface area contributed by atoms with Crippen LogP contribution in [0.1, 0.15) is 39.5 Å². The van der Waals surface area contributed by atoms with E-state index < -0.39 is 0 Å². The quantitative estimate of drug-likeness (QED) is 0.644. The Bertz CT molecular complexity index is 217. The molecule has 1 fully saturated rings. The number of rotatable bonds is 8. The summed E-state index contributed by atoms with van der Waals surface area (Å²) in [5.41, 5.74) is 0. The Morgan fingerprint density at radius 2 is 2.19 bits per heavy atom. The van der Waals surface area contributed by atoms with Gasteiger partial charge in [-0.15, -0.1) is 0 Å². The van der Waals surface area contributed by atoms with E-state index in [-0.39, 0.29) is 18.6 Å². The Hall–Kier alpha value is -0.610. The lowest BCUT2D eigenvalue weighted by atomic mass is 10.2. The van der Waals surface area contributed by atoms with Crippen LogP contribution in [0.2, 0.25) is 0 Å². The van der Waals surface area contributed by atoms with Gasteiger partial charge in [-0.2, -0.15) is 0 Å². The molecule has 1 amide bonds. The van der Waals surface area contributed by atoms with Crippen molar-refractivity contribution in [3.8, 4) is 0 Å². The van der Waals surface area contributed by atoms with Gasteiger partial charge in [-0.3, -0.25) is 9.69 Å². The molecule has 1 aliphatic rings. The molecule has 0 radical (unpaired) electrons. The number of aliphatic hydroxyl groups excluding tert-OH is 1. The molecule has 2 N–H and O–H groups in total. The molecule has 0 aromatic heterocycles. The Kier molecular flexibility index (Phi) is 5.77. The van der Waals surface area contributed by atoms with Crippen LogP contribution >= 0.6 is 0 Å². The molecular weight excluding hydrogens is 204 g/mol. The lowest BCUT2D eigenvalue weighted by molar-refractivity contribution is -0.126. The second kappa shape index (κ2) is 6.86. The van der Waals surface area contributed by atoms with E-state index in [1.54, 1.807) is 0 Å². The number of aliphatic hydroxyl groups is 1. The summed E-state index contributed by atoms with van der Waals surface area (Å²) in [6, 6.07) is 0.288. The third kappa shape index (κ3) is 4.49. The van der Waals surface area contributed by atoms with Gasteiger partial charge in [0, 0.05) is 12.6 Å². The third-order valence-corrected chi connectivity index (χ3v) is 3.04. The fourth-order valence-corrected chi connectivity index (χ4v) is 1.70. The number of carbonyl (C=O) groups is 1. The van der Waals surface area contributed by atoms with Gasteiger partial charge in [-0.05, 0) is 32.7 Å². The number of nitrogens with zero attached hydrogens (tertiary/aromatic N) is 1. The fraction of sp³-hybridized carbons (Fsp3) is 0.917. The first kappa shape index (κ1) is 13.5. The molecule has 4 heteroatoms. The number of carbonyl (C=O) groups excluding carboxylic acids is 1. The maximum Gasteiger partial charge on any atom is 0.237 e. The van der Waals surface area contributed by atoms with Gasteiger partial charge in [0.2, 0.25) is 5.91 Å². The minimum atomic E-state index is -0.126. The second-order valence-electron chi connectivity index (χ2n) is 4.57. The number of hydrogen-bond donors (Lipinski definition) is 2. The average Bonchev–Trinajstić information content (AvgIpc) is 3.07. The highest BCUT2D eigenvalue weighted by Crippen LogP contribution is 2.19. The van der Waals surface area contributed by atoms with Crippen LogP contribution in [-0.2, 0) is 4.79 Å². The van der Waals surface area contributed by atoms with Crippen molar-refractivity contribution < 1.29 is 9.90 Å². The first-order valence-corrected chi connectivity index (χ1v) is 6.34. The van der Waals surface area contributed by atoms with E-state index in [1.807, 2.05) is 6.92 Å². The lowest BCUT2D eigenvalue weighted by Crippen LogP contribution is -2.47. The van der Waals surface area contributed by atoms with E-state index in [0.717, 1.165) is 32.2 Å². The summed E-state index contributed by atoms with van der Waals surface area (Å²) in [7, 11) is 0. The van der Waals surface area contributed by atoms with Gasteiger partial charge in [0.15, 0.2) is 0 Å². The summed E-state index contributed by atoms with van der Waals surface area (Å²) in [4.78, 5) is 13.9. The molecular formula is C12H24N2O2. The fourth-order valence-electron chi connectivity index (χ4n) is 1.70. The standard InChI is InChI=1S/C12H24N2O2/c1-3-4-7-14(8-9-15)10(2)12(16)13-11-5-6-11/h10-11,15H,3-9H2,1-2H3,(H,13,16). The summed E-state index contributed by atoms with van der Waals surface area (Å²) in [5.74, 6) is 0.104.